The van der Waals surface area contributed by atoms with Crippen LogP contribution in [0.4, 0.5) is 20.4 Å². The van der Waals surface area contributed by atoms with E-state index in [0.717, 1.165) is 5.69 Å². The molecule has 0 radical (unpaired) electrons. The van der Waals surface area contributed by atoms with Gasteiger partial charge in [0.1, 0.15) is 0 Å². The van der Waals surface area contributed by atoms with Crippen LogP contribution in [-0.4, -0.2) is 29.1 Å². The number of rotatable bonds is 8. The minimum absolute atomic E-state index is 0.0207. The quantitative estimate of drug-likeness (QED) is 0.490. The van der Waals surface area contributed by atoms with Gasteiger partial charge in [0, 0.05) is 24.8 Å². The first-order chi connectivity index (χ1) is 12.9. The molecule has 2 rings (SSSR count). The van der Waals surface area contributed by atoms with E-state index in [2.05, 4.69) is 16.5 Å². The molecule has 0 atom stereocenters. The van der Waals surface area contributed by atoms with Crippen molar-refractivity contribution in [2.45, 2.75) is 20.3 Å². The highest BCUT2D eigenvalue weighted by Crippen LogP contribution is 2.22. The molecule has 0 fully saturated rings. The van der Waals surface area contributed by atoms with Crippen LogP contribution in [0, 0.1) is 6.92 Å². The lowest BCUT2D eigenvalue weighted by Gasteiger charge is -2.21. The van der Waals surface area contributed by atoms with Crippen molar-refractivity contribution in [1.82, 2.24) is 9.97 Å². The fourth-order valence-electron chi connectivity index (χ4n) is 2.29. The van der Waals surface area contributed by atoms with Gasteiger partial charge in [0.25, 0.3) is 6.08 Å². The number of hydrogen-bond donors (Lipinski definition) is 0. The van der Waals surface area contributed by atoms with Gasteiger partial charge in [-0.15, -0.1) is 6.58 Å². The molecule has 0 aliphatic heterocycles. The topological polar surface area (TPSA) is 55.3 Å². The second kappa shape index (κ2) is 9.56. The Bertz CT molecular complexity index is 834. The van der Waals surface area contributed by atoms with E-state index in [-0.39, 0.29) is 24.2 Å². The van der Waals surface area contributed by atoms with E-state index < -0.39 is 12.0 Å². The fraction of sp³-hybridized carbons (Fsp3) is 0.250. The summed E-state index contributed by atoms with van der Waals surface area (Å²) in [6.07, 6.45) is 1.34. The molecule has 0 saturated heterocycles. The maximum absolute atomic E-state index is 12.4. The number of nitrogens with zero attached hydrogens (tertiary/aromatic N) is 3. The highest BCUT2D eigenvalue weighted by Gasteiger charge is 2.17. The minimum atomic E-state index is -1.75. The zero-order chi connectivity index (χ0) is 19.8. The van der Waals surface area contributed by atoms with Crippen LogP contribution in [0.2, 0.25) is 0 Å². The van der Waals surface area contributed by atoms with Crippen LogP contribution in [0.25, 0.3) is 0 Å². The molecule has 0 unspecified atom stereocenters. The lowest BCUT2D eigenvalue weighted by Crippen LogP contribution is -2.21. The molecule has 0 aliphatic rings. The molecule has 1 aromatic carbocycles. The van der Waals surface area contributed by atoms with Crippen LogP contribution in [0.3, 0.4) is 0 Å². The maximum Gasteiger partial charge on any atom is 0.341 e. The first kappa shape index (κ1) is 20.2. The number of hydrogen-bond acceptors (Lipinski definition) is 5. The summed E-state index contributed by atoms with van der Waals surface area (Å²) in [5.74, 6) is -0.213. The third kappa shape index (κ3) is 5.44. The second-order valence-corrected chi connectivity index (χ2v) is 5.83. The highest BCUT2D eigenvalue weighted by molar-refractivity contribution is 5.90. The number of aromatic nitrogens is 2. The van der Waals surface area contributed by atoms with Gasteiger partial charge in [-0.3, -0.25) is 0 Å². The van der Waals surface area contributed by atoms with Crippen molar-refractivity contribution >= 4 is 17.6 Å². The molecule has 0 N–H and O–H groups in total. The van der Waals surface area contributed by atoms with Crippen LogP contribution < -0.4 is 4.90 Å². The number of anilines is 2. The summed E-state index contributed by atoms with van der Waals surface area (Å²) in [4.78, 5) is 22.7. The van der Waals surface area contributed by atoms with Gasteiger partial charge in [0.05, 0.1) is 17.9 Å². The molecule has 0 aliphatic carbocycles. The SMILES string of the molecule is C=CCN(c1ccccc1)c1ncc(C(=O)OCCC(C)=C(F)F)c(C)n1. The van der Waals surface area contributed by atoms with Crippen LogP contribution >= 0.6 is 0 Å². The molecule has 142 valence electrons. The molecular weight excluding hydrogens is 352 g/mol. The zero-order valence-electron chi connectivity index (χ0n) is 15.3. The molecule has 0 amide bonds. The first-order valence-corrected chi connectivity index (χ1v) is 8.39. The summed E-state index contributed by atoms with van der Waals surface area (Å²) in [6.45, 7) is 7.08. The van der Waals surface area contributed by atoms with Gasteiger partial charge < -0.3 is 9.64 Å². The van der Waals surface area contributed by atoms with Gasteiger partial charge in [-0.1, -0.05) is 24.3 Å². The molecule has 1 aromatic heterocycles. The summed E-state index contributed by atoms with van der Waals surface area (Å²) < 4.78 is 29.8. The molecule has 7 heteroatoms. The average Bonchev–Trinajstić information content (AvgIpc) is 2.66. The number of para-hydroxylation sites is 1. The second-order valence-electron chi connectivity index (χ2n) is 5.83. The average molecular weight is 373 g/mol. The third-order valence-corrected chi connectivity index (χ3v) is 3.84. The van der Waals surface area contributed by atoms with E-state index in [1.165, 1.54) is 13.1 Å². The smallest absolute Gasteiger partial charge is 0.341 e. The fourth-order valence-corrected chi connectivity index (χ4v) is 2.29. The molecule has 0 saturated carbocycles. The summed E-state index contributed by atoms with van der Waals surface area (Å²) in [5, 5.41) is 0. The summed E-state index contributed by atoms with van der Waals surface area (Å²) >= 11 is 0. The van der Waals surface area contributed by atoms with Gasteiger partial charge in [-0.05, 0) is 31.6 Å². The number of halogens is 2. The van der Waals surface area contributed by atoms with Gasteiger partial charge in [0.15, 0.2) is 0 Å². The first-order valence-electron chi connectivity index (χ1n) is 8.39. The summed E-state index contributed by atoms with van der Waals surface area (Å²) in [5.41, 5.74) is 1.43. The lowest BCUT2D eigenvalue weighted by atomic mass is 10.2. The number of carbonyl (C=O) groups is 1. The molecule has 5 nitrogen and oxygen atoms in total. The van der Waals surface area contributed by atoms with Crippen molar-refractivity contribution in [3.8, 4) is 0 Å². The van der Waals surface area contributed by atoms with Crippen molar-refractivity contribution < 1.29 is 18.3 Å². The molecular formula is C20H21F2N3O2. The molecule has 1 heterocycles. The van der Waals surface area contributed by atoms with Gasteiger partial charge in [0.2, 0.25) is 5.95 Å². The number of aryl methyl sites for hydroxylation is 1. The van der Waals surface area contributed by atoms with Crippen molar-refractivity contribution in [3.05, 3.63) is 72.1 Å². The van der Waals surface area contributed by atoms with E-state index in [9.17, 15) is 13.6 Å². The number of esters is 1. The normalized spacial score (nSPS) is 10.2. The van der Waals surface area contributed by atoms with Crippen molar-refractivity contribution in [2.75, 3.05) is 18.1 Å². The Morgan fingerprint density at radius 1 is 1.30 bits per heavy atom. The number of carbonyl (C=O) groups excluding carboxylic acids is 1. The van der Waals surface area contributed by atoms with Crippen LogP contribution in [-0.2, 0) is 4.74 Å². The number of ether oxygens (including phenoxy) is 1. The van der Waals surface area contributed by atoms with Crippen molar-refractivity contribution in [3.63, 3.8) is 0 Å². The van der Waals surface area contributed by atoms with Gasteiger partial charge in [-0.2, -0.15) is 8.78 Å². The van der Waals surface area contributed by atoms with Crippen molar-refractivity contribution in [1.29, 1.82) is 0 Å². The Morgan fingerprint density at radius 3 is 2.59 bits per heavy atom. The molecule has 2 aromatic rings. The Hall–Kier alpha value is -3.09. The molecule has 0 spiro atoms. The standard InChI is InChI=1S/C20H21F2N3O2/c1-4-11-25(16-8-6-5-7-9-16)20-23-13-17(15(3)24-20)19(26)27-12-10-14(2)18(21)22/h4-9,13H,1,10-12H2,2-3H3. The van der Waals surface area contributed by atoms with Crippen LogP contribution in [0.1, 0.15) is 29.4 Å². The van der Waals surface area contributed by atoms with Crippen molar-refractivity contribution in [2.24, 2.45) is 0 Å². The van der Waals surface area contributed by atoms with E-state index in [1.807, 2.05) is 35.2 Å². The van der Waals surface area contributed by atoms with Gasteiger partial charge >= 0.3 is 5.97 Å². The predicted molar refractivity (Wildman–Crippen MR) is 100 cm³/mol. The van der Waals surface area contributed by atoms with E-state index in [1.54, 1.807) is 13.0 Å². The van der Waals surface area contributed by atoms with E-state index in [4.69, 9.17) is 4.74 Å². The zero-order valence-corrected chi connectivity index (χ0v) is 15.3. The Labute approximate surface area is 157 Å². The van der Waals surface area contributed by atoms with Crippen LogP contribution in [0.15, 0.2) is 60.8 Å². The summed E-state index contributed by atoms with van der Waals surface area (Å²) in [7, 11) is 0. The molecule has 0 bridgehead atoms. The predicted octanol–water partition coefficient (Wildman–Crippen LogP) is 4.83. The largest absolute Gasteiger partial charge is 0.462 e. The number of benzene rings is 1. The Balaban J connectivity index is 2.15. The monoisotopic (exact) mass is 373 g/mol. The van der Waals surface area contributed by atoms with Gasteiger partial charge in [-0.25, -0.2) is 14.8 Å². The third-order valence-electron chi connectivity index (χ3n) is 3.84. The van der Waals surface area contributed by atoms with E-state index in [0.29, 0.717) is 18.2 Å². The lowest BCUT2D eigenvalue weighted by molar-refractivity contribution is 0.0506. The Morgan fingerprint density at radius 2 is 2.00 bits per heavy atom. The molecule has 27 heavy (non-hydrogen) atoms. The Kier molecular flexibility index (Phi) is 7.16. The minimum Gasteiger partial charge on any atom is -0.462 e. The highest BCUT2D eigenvalue weighted by atomic mass is 19.3. The maximum atomic E-state index is 12.4. The van der Waals surface area contributed by atoms with E-state index >= 15 is 0 Å². The summed E-state index contributed by atoms with van der Waals surface area (Å²) in [6, 6.07) is 9.56. The van der Waals surface area contributed by atoms with Crippen LogP contribution in [0.5, 0.6) is 0 Å².